The lowest BCUT2D eigenvalue weighted by molar-refractivity contribution is -0.162. The Bertz CT molecular complexity index is 895. The van der Waals surface area contributed by atoms with E-state index < -0.39 is 18.5 Å². The Morgan fingerprint density at radius 2 is 1.89 bits per heavy atom. The van der Waals surface area contributed by atoms with Crippen molar-refractivity contribution in [3.8, 4) is 0 Å². The molecule has 5 aliphatic rings. The van der Waals surface area contributed by atoms with Crippen LogP contribution in [0, 0.1) is 17.8 Å². The number of alkyl halides is 4. The first-order valence-electron chi connectivity index (χ1n) is 14.2. The fourth-order valence-electron chi connectivity index (χ4n) is 7.05. The monoisotopic (exact) mass is 559 g/mol. The fourth-order valence-corrected chi connectivity index (χ4v) is 7.45. The van der Waals surface area contributed by atoms with E-state index in [1.165, 1.54) is 11.3 Å². The summed E-state index contributed by atoms with van der Waals surface area (Å²) in [5.74, 6) is 0.739. The number of hydrogen-bond acceptors (Lipinski definition) is 7. The van der Waals surface area contributed by atoms with Crippen molar-refractivity contribution in [2.24, 2.45) is 27.7 Å². The Kier molecular flexibility index (Phi) is 8.99. The van der Waals surface area contributed by atoms with Crippen LogP contribution in [0.4, 0.5) is 13.2 Å². The Morgan fingerprint density at radius 1 is 1.13 bits per heavy atom. The van der Waals surface area contributed by atoms with Gasteiger partial charge in [-0.1, -0.05) is 0 Å². The minimum Gasteiger partial charge on any atom is -0.340 e. The summed E-state index contributed by atoms with van der Waals surface area (Å²) in [6.07, 6.45) is 2.59. The van der Waals surface area contributed by atoms with Gasteiger partial charge in [-0.3, -0.25) is 35.6 Å². The van der Waals surface area contributed by atoms with Crippen LogP contribution in [-0.4, -0.2) is 103 Å². The van der Waals surface area contributed by atoms with Crippen molar-refractivity contribution in [1.82, 2.24) is 25.8 Å². The normalized spacial score (nSPS) is 38.7. The molecular weight excluding hydrogens is 519 g/mol. The minimum atomic E-state index is -4.45. The van der Waals surface area contributed by atoms with Crippen molar-refractivity contribution in [2.75, 3.05) is 39.3 Å². The maximum atomic E-state index is 12.5. The smallest absolute Gasteiger partial charge is 0.340 e. The van der Waals surface area contributed by atoms with E-state index in [-0.39, 0.29) is 17.8 Å². The molecule has 3 fully saturated rings. The topological polar surface area (TPSA) is 84.4 Å². The molecule has 0 aromatic heterocycles. The summed E-state index contributed by atoms with van der Waals surface area (Å²) in [5, 5.41) is 11.2. The molecule has 4 heterocycles. The summed E-state index contributed by atoms with van der Waals surface area (Å²) in [6.45, 7) is 5.76. The number of aliphatic imine (C=N–C) groups is 2. The first-order valence-corrected chi connectivity index (χ1v) is 14.6. The van der Waals surface area contributed by atoms with E-state index in [9.17, 15) is 18.0 Å². The molecule has 1 saturated carbocycles. The fraction of sp³-hybridized carbons (Fsp3) is 0.885. The summed E-state index contributed by atoms with van der Waals surface area (Å²) in [7, 11) is 0. The molecule has 214 valence electrons. The van der Waals surface area contributed by atoms with Crippen molar-refractivity contribution >= 4 is 29.4 Å². The van der Waals surface area contributed by atoms with Crippen LogP contribution in [0.25, 0.3) is 0 Å². The number of rotatable bonds is 6. The van der Waals surface area contributed by atoms with Gasteiger partial charge in [0.15, 0.2) is 0 Å². The highest BCUT2D eigenvalue weighted by Gasteiger charge is 2.43. The summed E-state index contributed by atoms with van der Waals surface area (Å²) in [5.41, 5.74) is 1.09. The van der Waals surface area contributed by atoms with Crippen LogP contribution in [0.15, 0.2) is 9.98 Å². The maximum absolute atomic E-state index is 12.5. The predicted octanol–water partition coefficient (Wildman–Crippen LogP) is 2.58. The zero-order valence-electron chi connectivity index (χ0n) is 22.1. The van der Waals surface area contributed by atoms with Crippen molar-refractivity contribution in [1.29, 1.82) is 0 Å². The molecule has 8 nitrogen and oxygen atoms in total. The average molecular weight is 560 g/mol. The molecule has 8 unspecified atom stereocenters. The van der Waals surface area contributed by atoms with Gasteiger partial charge in [-0.25, -0.2) is 0 Å². The highest BCUT2D eigenvalue weighted by molar-refractivity contribution is 6.32. The van der Waals surface area contributed by atoms with Gasteiger partial charge in [-0.05, 0) is 63.2 Å². The van der Waals surface area contributed by atoms with Gasteiger partial charge in [0.25, 0.3) is 0 Å². The van der Waals surface area contributed by atoms with Gasteiger partial charge >= 0.3 is 6.18 Å². The SMILES string of the molecule is CC1=NCCC(C2CCC3NC(NC4CC(CN5CCN(C(=O)CC(F)(F)F)CC5)CC=N4)NC3C2)C1Cl. The number of carbonyl (C=O) groups excluding carboxylic acids is 1. The van der Waals surface area contributed by atoms with Gasteiger partial charge in [0.05, 0.1) is 5.38 Å². The second kappa shape index (κ2) is 12.1. The molecule has 0 spiro atoms. The highest BCUT2D eigenvalue weighted by Crippen LogP contribution is 2.39. The van der Waals surface area contributed by atoms with E-state index >= 15 is 0 Å². The minimum absolute atomic E-state index is 0.0220. The van der Waals surface area contributed by atoms with Crippen LogP contribution in [0.5, 0.6) is 0 Å². The van der Waals surface area contributed by atoms with E-state index in [1.807, 2.05) is 6.21 Å². The van der Waals surface area contributed by atoms with Crippen LogP contribution in [-0.2, 0) is 4.79 Å². The van der Waals surface area contributed by atoms with Gasteiger partial charge in [-0.2, -0.15) is 13.2 Å². The van der Waals surface area contributed by atoms with Crippen molar-refractivity contribution in [2.45, 2.75) is 88.0 Å². The molecule has 0 radical (unpaired) electrons. The lowest BCUT2D eigenvalue weighted by Crippen LogP contribution is -2.53. The number of nitrogens with zero attached hydrogens (tertiary/aromatic N) is 4. The number of piperazine rings is 1. The van der Waals surface area contributed by atoms with E-state index in [4.69, 9.17) is 16.6 Å². The van der Waals surface area contributed by atoms with Crippen LogP contribution < -0.4 is 16.0 Å². The number of hydrogen-bond donors (Lipinski definition) is 3. The maximum Gasteiger partial charge on any atom is 0.397 e. The molecular formula is C26H41ClF3N7O. The Labute approximate surface area is 228 Å². The van der Waals surface area contributed by atoms with E-state index in [2.05, 4.69) is 32.8 Å². The van der Waals surface area contributed by atoms with Crippen molar-refractivity contribution in [3.05, 3.63) is 0 Å². The largest absolute Gasteiger partial charge is 0.397 e. The molecule has 4 aliphatic heterocycles. The van der Waals surface area contributed by atoms with Crippen molar-refractivity contribution < 1.29 is 18.0 Å². The predicted molar refractivity (Wildman–Crippen MR) is 143 cm³/mol. The van der Waals surface area contributed by atoms with Gasteiger partial charge in [0.2, 0.25) is 5.91 Å². The van der Waals surface area contributed by atoms with E-state index in [1.54, 1.807) is 0 Å². The number of amides is 1. The number of carbonyl (C=O) groups is 1. The lowest BCUT2D eigenvalue weighted by Gasteiger charge is -2.39. The molecule has 0 aromatic rings. The molecule has 5 rings (SSSR count). The number of halogens is 4. The molecule has 2 saturated heterocycles. The molecule has 12 heteroatoms. The third kappa shape index (κ3) is 7.08. The second-order valence-corrected chi connectivity index (χ2v) is 12.2. The van der Waals surface area contributed by atoms with E-state index in [0.29, 0.717) is 56.0 Å². The number of fused-ring (bicyclic) bond motifs is 1. The third-order valence-electron chi connectivity index (χ3n) is 9.09. The van der Waals surface area contributed by atoms with Gasteiger partial charge in [-0.15, -0.1) is 11.6 Å². The van der Waals surface area contributed by atoms with Crippen LogP contribution in [0.3, 0.4) is 0 Å². The second-order valence-electron chi connectivity index (χ2n) is 11.8. The molecule has 0 aromatic carbocycles. The standard InChI is InChI=1S/C26H41ClF3N7O/c1-16-24(27)19(5-7-31-16)18-2-3-20-21(13-18)34-25(33-20)35-22-12-17(4-6-32-22)15-36-8-10-37(11-9-36)23(38)14-26(28,29)30/h6,17-22,24-25,33-35H,2-5,7-15H2,1H3. The van der Waals surface area contributed by atoms with Crippen LogP contribution >= 0.6 is 11.6 Å². The van der Waals surface area contributed by atoms with Crippen molar-refractivity contribution in [3.63, 3.8) is 0 Å². The molecule has 1 amide bonds. The van der Waals surface area contributed by atoms with Gasteiger partial charge in [0, 0.05) is 63.3 Å². The molecule has 3 N–H and O–H groups in total. The summed E-state index contributed by atoms with van der Waals surface area (Å²) in [6, 6.07) is 0.879. The first-order chi connectivity index (χ1) is 18.1. The quantitative estimate of drug-likeness (QED) is 0.436. The first kappa shape index (κ1) is 28.3. The molecule has 0 bridgehead atoms. The summed E-state index contributed by atoms with van der Waals surface area (Å²) < 4.78 is 37.6. The summed E-state index contributed by atoms with van der Waals surface area (Å²) >= 11 is 6.74. The van der Waals surface area contributed by atoms with Crippen LogP contribution in [0.2, 0.25) is 0 Å². The molecule has 1 aliphatic carbocycles. The average Bonchev–Trinajstić information content (AvgIpc) is 3.27. The zero-order valence-corrected chi connectivity index (χ0v) is 22.9. The molecule has 38 heavy (non-hydrogen) atoms. The van der Waals surface area contributed by atoms with E-state index in [0.717, 1.165) is 50.9 Å². The Balaban J connectivity index is 1.04. The zero-order chi connectivity index (χ0) is 26.9. The Morgan fingerprint density at radius 3 is 2.66 bits per heavy atom. The summed E-state index contributed by atoms with van der Waals surface area (Å²) in [4.78, 5) is 24.7. The lowest BCUT2D eigenvalue weighted by atomic mass is 9.72. The van der Waals surface area contributed by atoms with Gasteiger partial charge in [0.1, 0.15) is 18.9 Å². The molecule has 8 atom stereocenters. The van der Waals surface area contributed by atoms with Gasteiger partial charge < -0.3 is 4.90 Å². The highest BCUT2D eigenvalue weighted by atomic mass is 35.5. The third-order valence-corrected chi connectivity index (χ3v) is 9.73. The Hall–Kier alpha value is -1.27. The number of nitrogens with one attached hydrogen (secondary N) is 3. The van der Waals surface area contributed by atoms with Crippen LogP contribution in [0.1, 0.15) is 51.9 Å².